The molecule has 0 aliphatic rings. The molecule has 0 aliphatic heterocycles. The lowest BCUT2D eigenvalue weighted by Crippen LogP contribution is -2.30. The maximum atomic E-state index is 13.1. The Morgan fingerprint density at radius 2 is 1.76 bits per heavy atom. The van der Waals surface area contributed by atoms with Crippen LogP contribution < -0.4 is 5.73 Å². The van der Waals surface area contributed by atoms with Crippen LogP contribution >= 0.6 is 0 Å². The number of hydrogen-bond donors (Lipinski definition) is 1. The number of nitrogens with two attached hydrogens (primary N) is 1. The van der Waals surface area contributed by atoms with Crippen LogP contribution in [0.25, 0.3) is 0 Å². The zero-order chi connectivity index (χ0) is 15.7. The van der Waals surface area contributed by atoms with Gasteiger partial charge >= 0.3 is 0 Å². The number of halogens is 1. The predicted molar refractivity (Wildman–Crippen MR) is 86.7 cm³/mol. The number of ether oxygens (including phenoxy) is 1. The van der Waals surface area contributed by atoms with Gasteiger partial charge in [-0.05, 0) is 36.5 Å². The van der Waals surface area contributed by atoms with Gasteiger partial charge in [-0.3, -0.25) is 0 Å². The maximum Gasteiger partial charge on any atom is 0.123 e. The summed E-state index contributed by atoms with van der Waals surface area (Å²) in [5, 5.41) is 0. The Balaban J connectivity index is 2.68. The van der Waals surface area contributed by atoms with E-state index in [1.807, 2.05) is 0 Å². The van der Waals surface area contributed by atoms with E-state index in [0.29, 0.717) is 5.92 Å². The van der Waals surface area contributed by atoms with E-state index < -0.39 is 0 Å². The van der Waals surface area contributed by atoms with Gasteiger partial charge in [0.05, 0.1) is 12.7 Å². The van der Waals surface area contributed by atoms with E-state index in [-0.39, 0.29) is 18.0 Å². The first-order valence-corrected chi connectivity index (χ1v) is 8.24. The van der Waals surface area contributed by atoms with Crippen molar-refractivity contribution in [2.24, 2.45) is 11.7 Å². The van der Waals surface area contributed by atoms with E-state index in [9.17, 15) is 4.39 Å². The fourth-order valence-corrected chi connectivity index (χ4v) is 2.47. The lowest BCUT2D eigenvalue weighted by molar-refractivity contribution is 0.00870. The van der Waals surface area contributed by atoms with Crippen molar-refractivity contribution in [3.05, 3.63) is 35.6 Å². The molecule has 1 aromatic rings. The van der Waals surface area contributed by atoms with E-state index in [1.165, 1.54) is 31.4 Å². The van der Waals surface area contributed by atoms with E-state index in [2.05, 4.69) is 20.8 Å². The third-order valence-electron chi connectivity index (χ3n) is 4.11. The molecule has 3 atom stereocenters. The van der Waals surface area contributed by atoms with Gasteiger partial charge in [-0.25, -0.2) is 4.39 Å². The second-order valence-electron chi connectivity index (χ2n) is 5.79. The summed E-state index contributed by atoms with van der Waals surface area (Å²) < 4.78 is 19.2. The van der Waals surface area contributed by atoms with Crippen molar-refractivity contribution in [2.45, 2.75) is 65.0 Å². The van der Waals surface area contributed by atoms with Crippen molar-refractivity contribution in [2.75, 3.05) is 6.61 Å². The van der Waals surface area contributed by atoms with Gasteiger partial charge in [0.25, 0.3) is 0 Å². The van der Waals surface area contributed by atoms with Gasteiger partial charge in [-0.1, -0.05) is 52.2 Å². The maximum absolute atomic E-state index is 13.1. The zero-order valence-corrected chi connectivity index (χ0v) is 13.6. The van der Waals surface area contributed by atoms with Crippen LogP contribution in [-0.4, -0.2) is 12.6 Å². The minimum Gasteiger partial charge on any atom is -0.372 e. The molecule has 0 heterocycles. The molecule has 0 saturated carbocycles. The van der Waals surface area contributed by atoms with Gasteiger partial charge in [0.15, 0.2) is 0 Å². The van der Waals surface area contributed by atoms with Gasteiger partial charge in [0.2, 0.25) is 0 Å². The number of benzene rings is 1. The molecule has 0 fully saturated rings. The summed E-state index contributed by atoms with van der Waals surface area (Å²) in [5.41, 5.74) is 7.16. The highest BCUT2D eigenvalue weighted by Crippen LogP contribution is 2.25. The Hall–Kier alpha value is -0.930. The van der Waals surface area contributed by atoms with Gasteiger partial charge in [-0.2, -0.15) is 0 Å². The molecular formula is C18H30FNO. The molecule has 1 aromatic carbocycles. The Kier molecular flexibility index (Phi) is 8.55. The fourth-order valence-electron chi connectivity index (χ4n) is 2.47. The monoisotopic (exact) mass is 295 g/mol. The van der Waals surface area contributed by atoms with Crippen LogP contribution in [0.1, 0.15) is 64.5 Å². The third-order valence-corrected chi connectivity index (χ3v) is 4.11. The lowest BCUT2D eigenvalue weighted by Gasteiger charge is -2.26. The molecule has 0 bridgehead atoms. The molecule has 3 unspecified atom stereocenters. The summed E-state index contributed by atoms with van der Waals surface area (Å²) in [4.78, 5) is 0. The summed E-state index contributed by atoms with van der Waals surface area (Å²) in [7, 11) is 0. The number of rotatable bonds is 10. The molecule has 0 spiro atoms. The SMILES string of the molecule is CCCCC(CC)COC(c1ccc(F)cc1)C(N)CC. The van der Waals surface area contributed by atoms with Gasteiger partial charge < -0.3 is 10.5 Å². The molecule has 0 saturated heterocycles. The van der Waals surface area contributed by atoms with Crippen LogP contribution in [0.5, 0.6) is 0 Å². The van der Waals surface area contributed by atoms with Crippen LogP contribution in [0.3, 0.4) is 0 Å². The van der Waals surface area contributed by atoms with Gasteiger partial charge in [-0.15, -0.1) is 0 Å². The van der Waals surface area contributed by atoms with Crippen LogP contribution in [0.15, 0.2) is 24.3 Å². The van der Waals surface area contributed by atoms with E-state index in [1.54, 1.807) is 12.1 Å². The Bertz CT molecular complexity index is 379. The summed E-state index contributed by atoms with van der Waals surface area (Å²) in [6.45, 7) is 7.20. The molecule has 0 radical (unpaired) electrons. The molecule has 2 nitrogen and oxygen atoms in total. The van der Waals surface area contributed by atoms with Crippen molar-refractivity contribution in [3.63, 3.8) is 0 Å². The molecule has 0 aromatic heterocycles. The molecule has 1 rings (SSSR count). The molecule has 3 heteroatoms. The van der Waals surface area contributed by atoms with Crippen molar-refractivity contribution in [1.29, 1.82) is 0 Å². The van der Waals surface area contributed by atoms with Gasteiger partial charge in [0.1, 0.15) is 5.82 Å². The van der Waals surface area contributed by atoms with Crippen LogP contribution in [-0.2, 0) is 4.74 Å². The first-order chi connectivity index (χ1) is 10.1. The van der Waals surface area contributed by atoms with Gasteiger partial charge in [0, 0.05) is 6.04 Å². The standard InChI is InChI=1S/C18H30FNO/c1-4-7-8-14(5-2)13-21-18(17(20)6-3)15-9-11-16(19)12-10-15/h9-12,14,17-18H,4-8,13,20H2,1-3H3. The highest BCUT2D eigenvalue weighted by molar-refractivity contribution is 5.20. The highest BCUT2D eigenvalue weighted by atomic mass is 19.1. The Morgan fingerprint density at radius 1 is 1.10 bits per heavy atom. The topological polar surface area (TPSA) is 35.2 Å². The predicted octanol–water partition coefficient (Wildman–Crippen LogP) is 4.84. The normalized spacial score (nSPS) is 15.7. The van der Waals surface area contributed by atoms with E-state index in [4.69, 9.17) is 10.5 Å². The molecule has 0 aliphatic carbocycles. The zero-order valence-electron chi connectivity index (χ0n) is 13.6. The number of unbranched alkanes of at least 4 members (excludes halogenated alkanes) is 1. The van der Waals surface area contributed by atoms with Crippen molar-refractivity contribution < 1.29 is 9.13 Å². The first-order valence-electron chi connectivity index (χ1n) is 8.24. The summed E-state index contributed by atoms with van der Waals surface area (Å²) in [5.74, 6) is 0.355. The summed E-state index contributed by atoms with van der Waals surface area (Å²) in [6, 6.07) is 6.45. The van der Waals surface area contributed by atoms with Crippen molar-refractivity contribution in [3.8, 4) is 0 Å². The summed E-state index contributed by atoms with van der Waals surface area (Å²) >= 11 is 0. The second-order valence-corrected chi connectivity index (χ2v) is 5.79. The van der Waals surface area contributed by atoms with Crippen LogP contribution in [0, 0.1) is 11.7 Å². The average molecular weight is 295 g/mol. The molecular weight excluding hydrogens is 265 g/mol. The lowest BCUT2D eigenvalue weighted by atomic mass is 9.98. The second kappa shape index (κ2) is 9.91. The van der Waals surface area contributed by atoms with E-state index >= 15 is 0 Å². The van der Waals surface area contributed by atoms with Crippen molar-refractivity contribution >= 4 is 0 Å². The largest absolute Gasteiger partial charge is 0.372 e. The van der Waals surface area contributed by atoms with E-state index in [0.717, 1.165) is 25.0 Å². The minimum absolute atomic E-state index is 0.0563. The Morgan fingerprint density at radius 3 is 2.29 bits per heavy atom. The first kappa shape index (κ1) is 18.1. The third kappa shape index (κ3) is 6.15. The average Bonchev–Trinajstić information content (AvgIpc) is 2.51. The quantitative estimate of drug-likeness (QED) is 0.670. The van der Waals surface area contributed by atoms with Crippen LogP contribution in [0.4, 0.5) is 4.39 Å². The van der Waals surface area contributed by atoms with Crippen molar-refractivity contribution in [1.82, 2.24) is 0 Å². The Labute approximate surface area is 128 Å². The minimum atomic E-state index is -0.225. The molecule has 21 heavy (non-hydrogen) atoms. The van der Waals surface area contributed by atoms with Crippen LogP contribution in [0.2, 0.25) is 0 Å². The number of hydrogen-bond acceptors (Lipinski definition) is 2. The fraction of sp³-hybridized carbons (Fsp3) is 0.667. The molecule has 120 valence electrons. The smallest absolute Gasteiger partial charge is 0.123 e. The molecule has 0 amide bonds. The highest BCUT2D eigenvalue weighted by Gasteiger charge is 2.20. The summed E-state index contributed by atoms with van der Waals surface area (Å²) in [6.07, 6.45) is 5.47. The molecule has 2 N–H and O–H groups in total.